The average Bonchev–Trinajstić information content (AvgIpc) is 4.02. The van der Waals surface area contributed by atoms with E-state index in [0.29, 0.717) is 5.92 Å². The number of anilines is 3. The van der Waals surface area contributed by atoms with Crippen LogP contribution in [0.2, 0.25) is 0 Å². The van der Waals surface area contributed by atoms with Gasteiger partial charge in [-0.1, -0.05) is 155 Å². The maximum absolute atomic E-state index is 2.62. The zero-order valence-electron chi connectivity index (χ0n) is 32.9. The molecule has 2 bridgehead atoms. The summed E-state index contributed by atoms with van der Waals surface area (Å²) in [6.45, 7) is 9.57. The van der Waals surface area contributed by atoms with Crippen molar-refractivity contribution in [1.82, 2.24) is 0 Å². The van der Waals surface area contributed by atoms with Crippen LogP contribution in [0.4, 0.5) is 17.1 Å². The van der Waals surface area contributed by atoms with E-state index in [1.165, 1.54) is 110 Å². The number of rotatable bonds is 4. The molecule has 7 aromatic carbocycles. The number of para-hydroxylation sites is 1. The minimum Gasteiger partial charge on any atom is -0.310 e. The van der Waals surface area contributed by atoms with Gasteiger partial charge in [0.25, 0.3) is 0 Å². The van der Waals surface area contributed by atoms with E-state index < -0.39 is 0 Å². The van der Waals surface area contributed by atoms with Crippen LogP contribution in [0.15, 0.2) is 152 Å². The molecule has 0 aromatic heterocycles. The van der Waals surface area contributed by atoms with Gasteiger partial charge in [-0.05, 0) is 134 Å². The summed E-state index contributed by atoms with van der Waals surface area (Å²) >= 11 is 0. The molecule has 0 saturated heterocycles. The molecule has 5 aliphatic rings. The molecule has 1 heteroatoms. The Morgan fingerprint density at radius 3 is 1.64 bits per heavy atom. The van der Waals surface area contributed by atoms with Crippen molar-refractivity contribution < 1.29 is 0 Å². The molecule has 1 nitrogen and oxygen atoms in total. The van der Waals surface area contributed by atoms with Gasteiger partial charge in [0, 0.05) is 33.2 Å². The number of nitrogens with zero attached hydrogens (tertiary/aromatic N) is 1. The van der Waals surface area contributed by atoms with Crippen LogP contribution in [-0.4, -0.2) is 0 Å². The standard InChI is InChI=1S/C55H47N/c1-53(2)46-20-10-7-17-44(46)52-43(18-13-22-48(52)53)42-16-8-12-23-51(42)56(36-26-28-40-38-14-5-9-19-45(38)54(3,4)49(40)31-36)37-27-29-41-39-15-6-11-21-47(39)55(50(41)32-37)33-34-24-25-35(55)30-34/h5-23,26-29,31-32,34-35H,24-25,30,33H2,1-4H3. The van der Waals surface area contributed by atoms with Gasteiger partial charge >= 0.3 is 0 Å². The number of fused-ring (bicyclic) bond motifs is 14. The molecular formula is C55H47N. The molecule has 1 spiro atoms. The second-order valence-electron chi connectivity index (χ2n) is 18.5. The molecule has 0 aliphatic heterocycles. The highest BCUT2D eigenvalue weighted by molar-refractivity contribution is 5.99. The first-order chi connectivity index (χ1) is 27.3. The largest absolute Gasteiger partial charge is 0.310 e. The maximum Gasteiger partial charge on any atom is 0.0540 e. The summed E-state index contributed by atoms with van der Waals surface area (Å²) in [4.78, 5) is 2.60. The van der Waals surface area contributed by atoms with Crippen LogP contribution in [0.3, 0.4) is 0 Å². The van der Waals surface area contributed by atoms with Crippen molar-refractivity contribution in [2.75, 3.05) is 4.90 Å². The second-order valence-corrected chi connectivity index (χ2v) is 18.5. The van der Waals surface area contributed by atoms with Gasteiger partial charge in [0.15, 0.2) is 0 Å². The first kappa shape index (κ1) is 32.6. The van der Waals surface area contributed by atoms with Gasteiger partial charge in [0.1, 0.15) is 0 Å². The minimum atomic E-state index is -0.102. The summed E-state index contributed by atoms with van der Waals surface area (Å²) < 4.78 is 0. The van der Waals surface area contributed by atoms with Crippen molar-refractivity contribution in [3.63, 3.8) is 0 Å². The molecule has 0 amide bonds. The SMILES string of the molecule is CC1(C)c2ccccc2-c2ccc(N(c3ccc4c(c3)C3(CC5CCC3C5)c3ccccc3-4)c3ccccc3-c3cccc4c3-c3ccccc3C4(C)C)cc21. The van der Waals surface area contributed by atoms with E-state index in [1.54, 1.807) is 11.1 Å². The first-order valence-electron chi connectivity index (χ1n) is 20.9. The Labute approximate surface area is 331 Å². The Morgan fingerprint density at radius 1 is 0.429 bits per heavy atom. The number of hydrogen-bond acceptors (Lipinski definition) is 1. The molecule has 7 aromatic rings. The van der Waals surface area contributed by atoms with Crippen molar-refractivity contribution in [2.45, 2.75) is 69.6 Å². The van der Waals surface area contributed by atoms with Crippen molar-refractivity contribution in [3.8, 4) is 44.5 Å². The monoisotopic (exact) mass is 721 g/mol. The van der Waals surface area contributed by atoms with Crippen LogP contribution in [0.5, 0.6) is 0 Å². The zero-order chi connectivity index (χ0) is 37.6. The summed E-state index contributed by atoms with van der Waals surface area (Å²) in [5, 5.41) is 0. The van der Waals surface area contributed by atoms with Crippen LogP contribution in [0.1, 0.15) is 86.8 Å². The van der Waals surface area contributed by atoms with E-state index in [0.717, 1.165) is 5.92 Å². The van der Waals surface area contributed by atoms with Gasteiger partial charge in [-0.2, -0.15) is 0 Å². The highest BCUT2D eigenvalue weighted by atomic mass is 15.1. The molecule has 0 radical (unpaired) electrons. The third-order valence-corrected chi connectivity index (χ3v) is 15.2. The Morgan fingerprint density at radius 2 is 0.946 bits per heavy atom. The lowest BCUT2D eigenvalue weighted by Gasteiger charge is -2.37. The molecule has 12 rings (SSSR count). The Balaban J connectivity index is 1.11. The van der Waals surface area contributed by atoms with E-state index in [4.69, 9.17) is 0 Å². The molecule has 3 atom stereocenters. The summed E-state index contributed by atoms with van der Waals surface area (Å²) in [6.07, 6.45) is 5.37. The van der Waals surface area contributed by atoms with E-state index in [2.05, 4.69) is 184 Å². The normalized spacial score (nSPS) is 22.0. The number of benzene rings is 7. The second kappa shape index (κ2) is 11.2. The van der Waals surface area contributed by atoms with Crippen molar-refractivity contribution in [2.24, 2.45) is 11.8 Å². The quantitative estimate of drug-likeness (QED) is 0.175. The fraction of sp³-hybridized carbons (Fsp3) is 0.236. The van der Waals surface area contributed by atoms with E-state index in [-0.39, 0.29) is 16.2 Å². The topological polar surface area (TPSA) is 3.24 Å². The Hall–Kier alpha value is -5.66. The summed E-state index contributed by atoms with van der Waals surface area (Å²) in [5.74, 6) is 1.54. The van der Waals surface area contributed by atoms with E-state index in [9.17, 15) is 0 Å². The molecule has 0 heterocycles. The predicted octanol–water partition coefficient (Wildman–Crippen LogP) is 14.5. The third kappa shape index (κ3) is 4.11. The van der Waals surface area contributed by atoms with Gasteiger partial charge in [-0.3, -0.25) is 0 Å². The maximum atomic E-state index is 2.62. The van der Waals surface area contributed by atoms with E-state index in [1.807, 2.05) is 0 Å². The summed E-state index contributed by atoms with van der Waals surface area (Å²) in [5.41, 5.74) is 23.2. The van der Waals surface area contributed by atoms with Gasteiger partial charge in [-0.15, -0.1) is 0 Å². The lowest BCUT2D eigenvalue weighted by molar-refractivity contribution is 0.327. The van der Waals surface area contributed by atoms with Crippen LogP contribution < -0.4 is 4.90 Å². The summed E-state index contributed by atoms with van der Waals surface area (Å²) in [7, 11) is 0. The molecule has 272 valence electrons. The molecule has 2 saturated carbocycles. The average molecular weight is 722 g/mol. The molecule has 2 fully saturated rings. The van der Waals surface area contributed by atoms with Crippen molar-refractivity contribution >= 4 is 17.1 Å². The third-order valence-electron chi connectivity index (χ3n) is 15.2. The Bertz CT molecular complexity index is 2800. The Kier molecular flexibility index (Phi) is 6.53. The first-order valence-corrected chi connectivity index (χ1v) is 20.9. The minimum absolute atomic E-state index is 0.0683. The fourth-order valence-electron chi connectivity index (χ4n) is 12.7. The van der Waals surface area contributed by atoms with Gasteiger partial charge in [0.05, 0.1) is 5.69 Å². The van der Waals surface area contributed by atoms with Crippen LogP contribution in [0, 0.1) is 11.8 Å². The van der Waals surface area contributed by atoms with Crippen LogP contribution in [-0.2, 0) is 16.2 Å². The fourth-order valence-corrected chi connectivity index (χ4v) is 12.7. The summed E-state index contributed by atoms with van der Waals surface area (Å²) in [6, 6.07) is 58.4. The van der Waals surface area contributed by atoms with Gasteiger partial charge in [0.2, 0.25) is 0 Å². The highest BCUT2D eigenvalue weighted by Crippen LogP contribution is 2.66. The molecule has 56 heavy (non-hydrogen) atoms. The predicted molar refractivity (Wildman–Crippen MR) is 233 cm³/mol. The van der Waals surface area contributed by atoms with Gasteiger partial charge < -0.3 is 4.90 Å². The van der Waals surface area contributed by atoms with Gasteiger partial charge in [-0.25, -0.2) is 0 Å². The zero-order valence-corrected chi connectivity index (χ0v) is 32.9. The van der Waals surface area contributed by atoms with Crippen LogP contribution >= 0.6 is 0 Å². The lowest BCUT2D eigenvalue weighted by atomic mass is 9.67. The highest BCUT2D eigenvalue weighted by Gasteiger charge is 2.56. The molecular weight excluding hydrogens is 675 g/mol. The molecule has 3 unspecified atom stereocenters. The smallest absolute Gasteiger partial charge is 0.0540 e. The molecule has 5 aliphatic carbocycles. The number of hydrogen-bond donors (Lipinski definition) is 0. The van der Waals surface area contributed by atoms with Crippen molar-refractivity contribution in [1.29, 1.82) is 0 Å². The van der Waals surface area contributed by atoms with Crippen LogP contribution in [0.25, 0.3) is 44.5 Å². The molecule has 0 N–H and O–H groups in total. The van der Waals surface area contributed by atoms with E-state index >= 15 is 0 Å². The van der Waals surface area contributed by atoms with Crippen molar-refractivity contribution in [3.05, 3.63) is 185 Å². The lowest BCUT2D eigenvalue weighted by Crippen LogP contribution is -2.32.